The maximum atomic E-state index is 11.7. The Morgan fingerprint density at radius 3 is 2.26 bits per heavy atom. The van der Waals surface area contributed by atoms with Crippen LogP contribution in [0.25, 0.3) is 0 Å². The fourth-order valence-electron chi connectivity index (χ4n) is 1.86. The standard InChI is InChI=1S/C14H23N3O2/c1-16(2)14(18)10-17(3)13(9-15)11-5-7-12(19-4)8-6-11/h5-8,13H,9-10,15H2,1-4H3. The summed E-state index contributed by atoms with van der Waals surface area (Å²) in [6.45, 7) is 0.810. The lowest BCUT2D eigenvalue weighted by molar-refractivity contribution is -0.130. The molecule has 2 N–H and O–H groups in total. The molecule has 0 radical (unpaired) electrons. The molecule has 106 valence electrons. The first kappa shape index (κ1) is 15.5. The van der Waals surface area contributed by atoms with Crippen LogP contribution in [-0.2, 0) is 4.79 Å². The van der Waals surface area contributed by atoms with Crippen molar-refractivity contribution in [1.82, 2.24) is 9.80 Å². The molecule has 1 unspecified atom stereocenters. The molecule has 0 bridgehead atoms. The number of hydrogen-bond donors (Lipinski definition) is 1. The van der Waals surface area contributed by atoms with Gasteiger partial charge in [-0.2, -0.15) is 0 Å². The van der Waals surface area contributed by atoms with Crippen molar-refractivity contribution in [3.05, 3.63) is 29.8 Å². The van der Waals surface area contributed by atoms with Gasteiger partial charge in [-0.3, -0.25) is 9.69 Å². The smallest absolute Gasteiger partial charge is 0.236 e. The van der Waals surface area contributed by atoms with E-state index in [1.807, 2.05) is 36.2 Å². The van der Waals surface area contributed by atoms with Crippen LogP contribution in [0.3, 0.4) is 0 Å². The van der Waals surface area contributed by atoms with E-state index in [4.69, 9.17) is 10.5 Å². The highest BCUT2D eigenvalue weighted by molar-refractivity contribution is 5.77. The van der Waals surface area contributed by atoms with E-state index in [1.54, 1.807) is 26.1 Å². The van der Waals surface area contributed by atoms with Gasteiger partial charge in [0.1, 0.15) is 5.75 Å². The van der Waals surface area contributed by atoms with Gasteiger partial charge in [0, 0.05) is 26.7 Å². The fourth-order valence-corrected chi connectivity index (χ4v) is 1.86. The number of amides is 1. The number of methoxy groups -OCH3 is 1. The first-order valence-corrected chi connectivity index (χ1v) is 6.24. The zero-order chi connectivity index (χ0) is 14.4. The molecule has 1 aromatic carbocycles. The molecule has 0 aliphatic heterocycles. The summed E-state index contributed by atoms with van der Waals surface area (Å²) in [5, 5.41) is 0. The number of hydrogen-bond acceptors (Lipinski definition) is 4. The number of carbonyl (C=O) groups is 1. The van der Waals surface area contributed by atoms with E-state index >= 15 is 0 Å². The van der Waals surface area contributed by atoms with Gasteiger partial charge in [-0.25, -0.2) is 0 Å². The lowest BCUT2D eigenvalue weighted by Crippen LogP contribution is -2.38. The molecule has 1 aromatic rings. The van der Waals surface area contributed by atoms with Crippen LogP contribution >= 0.6 is 0 Å². The Kier molecular flexibility index (Phi) is 5.79. The summed E-state index contributed by atoms with van der Waals surface area (Å²) < 4.78 is 5.13. The summed E-state index contributed by atoms with van der Waals surface area (Å²) in [6.07, 6.45) is 0. The summed E-state index contributed by atoms with van der Waals surface area (Å²) in [5.41, 5.74) is 6.91. The van der Waals surface area contributed by atoms with Crippen LogP contribution in [0.5, 0.6) is 5.75 Å². The third-order valence-corrected chi connectivity index (χ3v) is 3.14. The molecule has 19 heavy (non-hydrogen) atoms. The zero-order valence-corrected chi connectivity index (χ0v) is 12.1. The number of nitrogens with zero attached hydrogens (tertiary/aromatic N) is 2. The molecule has 0 saturated carbocycles. The Bertz CT molecular complexity index is 404. The summed E-state index contributed by atoms with van der Waals surface area (Å²) in [6, 6.07) is 7.79. The van der Waals surface area contributed by atoms with Gasteiger partial charge in [0.05, 0.1) is 13.7 Å². The van der Waals surface area contributed by atoms with Gasteiger partial charge < -0.3 is 15.4 Å². The minimum atomic E-state index is 0.0230. The Hall–Kier alpha value is -1.59. The minimum Gasteiger partial charge on any atom is -0.497 e. The molecule has 0 spiro atoms. The molecule has 1 rings (SSSR count). The summed E-state index contributed by atoms with van der Waals surface area (Å²) >= 11 is 0. The normalized spacial score (nSPS) is 12.3. The largest absolute Gasteiger partial charge is 0.497 e. The average molecular weight is 265 g/mol. The molecule has 0 aliphatic carbocycles. The molecule has 0 fully saturated rings. The third kappa shape index (κ3) is 4.22. The van der Waals surface area contributed by atoms with Gasteiger partial charge in [0.15, 0.2) is 0 Å². The van der Waals surface area contributed by atoms with Crippen molar-refractivity contribution in [3.63, 3.8) is 0 Å². The van der Waals surface area contributed by atoms with Gasteiger partial charge >= 0.3 is 0 Å². The highest BCUT2D eigenvalue weighted by Gasteiger charge is 2.18. The Morgan fingerprint density at radius 1 is 1.26 bits per heavy atom. The predicted octanol–water partition coefficient (Wildman–Crippen LogP) is 0.715. The maximum absolute atomic E-state index is 11.7. The van der Waals surface area contributed by atoms with Crippen molar-refractivity contribution in [2.75, 3.05) is 41.3 Å². The fraction of sp³-hybridized carbons (Fsp3) is 0.500. The first-order chi connectivity index (χ1) is 8.99. The van der Waals surface area contributed by atoms with Crippen molar-refractivity contribution in [2.24, 2.45) is 5.73 Å². The van der Waals surface area contributed by atoms with Gasteiger partial charge in [-0.1, -0.05) is 12.1 Å². The second-order valence-corrected chi connectivity index (χ2v) is 4.73. The van der Waals surface area contributed by atoms with Crippen LogP contribution in [0, 0.1) is 0 Å². The number of likely N-dealkylation sites (N-methyl/N-ethyl adjacent to an activating group) is 2. The van der Waals surface area contributed by atoms with Crippen molar-refractivity contribution in [1.29, 1.82) is 0 Å². The van der Waals surface area contributed by atoms with Gasteiger partial charge in [-0.05, 0) is 24.7 Å². The van der Waals surface area contributed by atoms with E-state index in [-0.39, 0.29) is 11.9 Å². The lowest BCUT2D eigenvalue weighted by atomic mass is 10.1. The number of rotatable bonds is 6. The summed E-state index contributed by atoms with van der Waals surface area (Å²) in [7, 11) is 7.04. The van der Waals surface area contributed by atoms with Crippen molar-refractivity contribution in [3.8, 4) is 5.75 Å². The van der Waals surface area contributed by atoms with Crippen molar-refractivity contribution < 1.29 is 9.53 Å². The SMILES string of the molecule is COc1ccc(C(CN)N(C)CC(=O)N(C)C)cc1. The van der Waals surface area contributed by atoms with Gasteiger partial charge in [0.2, 0.25) is 5.91 Å². The highest BCUT2D eigenvalue weighted by atomic mass is 16.5. The highest BCUT2D eigenvalue weighted by Crippen LogP contribution is 2.21. The average Bonchev–Trinajstić information content (AvgIpc) is 2.40. The van der Waals surface area contributed by atoms with Crippen LogP contribution in [0.15, 0.2) is 24.3 Å². The molecular weight excluding hydrogens is 242 g/mol. The second kappa shape index (κ2) is 7.11. The zero-order valence-electron chi connectivity index (χ0n) is 12.1. The van der Waals surface area contributed by atoms with Gasteiger partial charge in [0.25, 0.3) is 0 Å². The van der Waals surface area contributed by atoms with Crippen LogP contribution in [0.4, 0.5) is 0 Å². The molecule has 1 atom stereocenters. The predicted molar refractivity (Wildman–Crippen MR) is 76.1 cm³/mol. The number of carbonyl (C=O) groups excluding carboxylic acids is 1. The van der Waals surface area contributed by atoms with E-state index in [0.717, 1.165) is 11.3 Å². The second-order valence-electron chi connectivity index (χ2n) is 4.73. The quantitative estimate of drug-likeness (QED) is 0.823. The molecule has 0 heterocycles. The third-order valence-electron chi connectivity index (χ3n) is 3.14. The molecule has 0 saturated heterocycles. The van der Waals surface area contributed by atoms with Crippen LogP contribution in [0.1, 0.15) is 11.6 Å². The summed E-state index contributed by atoms with van der Waals surface area (Å²) in [5.74, 6) is 0.876. The molecule has 1 amide bonds. The molecule has 0 aliphatic rings. The topological polar surface area (TPSA) is 58.8 Å². The van der Waals surface area contributed by atoms with E-state index in [9.17, 15) is 4.79 Å². The molecule has 5 nitrogen and oxygen atoms in total. The van der Waals surface area contributed by atoms with E-state index in [1.165, 1.54) is 0 Å². The Morgan fingerprint density at radius 2 is 1.84 bits per heavy atom. The maximum Gasteiger partial charge on any atom is 0.236 e. The lowest BCUT2D eigenvalue weighted by Gasteiger charge is -2.28. The van der Waals surface area contributed by atoms with Gasteiger partial charge in [-0.15, -0.1) is 0 Å². The monoisotopic (exact) mass is 265 g/mol. The van der Waals surface area contributed by atoms with Crippen LogP contribution < -0.4 is 10.5 Å². The van der Waals surface area contributed by atoms with E-state index in [2.05, 4.69) is 0 Å². The van der Waals surface area contributed by atoms with Crippen LogP contribution in [-0.4, -0.2) is 57.0 Å². The van der Waals surface area contributed by atoms with E-state index < -0.39 is 0 Å². The minimum absolute atomic E-state index is 0.0230. The van der Waals surface area contributed by atoms with Crippen molar-refractivity contribution >= 4 is 5.91 Å². The van der Waals surface area contributed by atoms with Crippen LogP contribution in [0.2, 0.25) is 0 Å². The number of nitrogens with two attached hydrogens (primary N) is 1. The molecular formula is C14H23N3O2. The number of ether oxygens (including phenoxy) is 1. The van der Waals surface area contributed by atoms with E-state index in [0.29, 0.717) is 13.1 Å². The molecule has 0 aromatic heterocycles. The Labute approximate surface area is 114 Å². The Balaban J connectivity index is 2.78. The first-order valence-electron chi connectivity index (χ1n) is 6.24. The molecule has 5 heteroatoms. The summed E-state index contributed by atoms with van der Waals surface area (Å²) in [4.78, 5) is 15.3. The number of benzene rings is 1. The van der Waals surface area contributed by atoms with Crippen molar-refractivity contribution in [2.45, 2.75) is 6.04 Å².